The molecule has 2 aromatic carbocycles. The van der Waals surface area contributed by atoms with E-state index in [1.54, 1.807) is 6.92 Å². The quantitative estimate of drug-likeness (QED) is 0.201. The summed E-state index contributed by atoms with van der Waals surface area (Å²) >= 11 is 1.50. The molecule has 1 aromatic heterocycles. The molecule has 0 amide bonds. The first kappa shape index (κ1) is 31.8. The Morgan fingerprint density at radius 3 is 1.98 bits per heavy atom. The standard InChI is InChI=1S/C21H20F2O5S.C7H14O5/c22-14-8-15(23)13(21-20(27)19(26)18(25)16(9-24)28-21)7-11(14)6-12-5-10-3-1-2-4-17(10)29-12;1-3-5(9)7(11)6(10)4(2-8)12-3/h1-5,7-8,16,18-21,24-27H,6,9H2;3-11H,2H2,1H3/t16-,18-,19+,20-,21+;3-,4+,5-,6+,7+/m10/s1. The number of hydrogen-bond acceptors (Lipinski definition) is 11. The fourth-order valence-electron chi connectivity index (χ4n) is 4.92. The third kappa shape index (κ3) is 6.76. The van der Waals surface area contributed by atoms with Gasteiger partial charge in [0.05, 0.1) is 19.3 Å². The van der Waals surface area contributed by atoms with Crippen molar-refractivity contribution in [3.8, 4) is 0 Å². The maximum atomic E-state index is 14.5. The fourth-order valence-corrected chi connectivity index (χ4v) is 6.01. The molecule has 2 saturated heterocycles. The highest BCUT2D eigenvalue weighted by molar-refractivity contribution is 7.19. The molecule has 0 bridgehead atoms. The van der Waals surface area contributed by atoms with Gasteiger partial charge < -0.3 is 50.3 Å². The summed E-state index contributed by atoms with van der Waals surface area (Å²) in [5, 5.41) is 76.9. The first-order valence-electron chi connectivity index (χ1n) is 13.0. The zero-order valence-electron chi connectivity index (χ0n) is 22.0. The van der Waals surface area contributed by atoms with Crippen LogP contribution in [0.25, 0.3) is 10.1 Å². The molecule has 0 unspecified atom stereocenters. The van der Waals surface area contributed by atoms with Crippen LogP contribution in [-0.2, 0) is 15.9 Å². The number of aliphatic hydroxyl groups excluding tert-OH is 8. The molecular weight excluding hydrogens is 566 g/mol. The van der Waals surface area contributed by atoms with E-state index >= 15 is 0 Å². The summed E-state index contributed by atoms with van der Waals surface area (Å²) in [6.07, 6.45) is -12.1. The summed E-state index contributed by atoms with van der Waals surface area (Å²) in [6, 6.07) is 11.7. The first-order chi connectivity index (χ1) is 19.5. The van der Waals surface area contributed by atoms with Crippen molar-refractivity contribution < 1.29 is 59.1 Å². The second kappa shape index (κ2) is 13.4. The number of thiophene rings is 1. The molecule has 2 fully saturated rings. The van der Waals surface area contributed by atoms with Crippen molar-refractivity contribution in [1.29, 1.82) is 0 Å². The molecule has 41 heavy (non-hydrogen) atoms. The lowest BCUT2D eigenvalue weighted by Gasteiger charge is -2.40. The van der Waals surface area contributed by atoms with Gasteiger partial charge in [-0.15, -0.1) is 11.3 Å². The zero-order valence-corrected chi connectivity index (χ0v) is 22.8. The molecule has 3 heterocycles. The van der Waals surface area contributed by atoms with E-state index in [2.05, 4.69) is 0 Å². The smallest absolute Gasteiger partial charge is 0.132 e. The summed E-state index contributed by atoms with van der Waals surface area (Å²) in [5.74, 6) is -1.67. The molecule has 10 atom stereocenters. The number of ether oxygens (including phenoxy) is 2. The minimum absolute atomic E-state index is 0.139. The van der Waals surface area contributed by atoms with Gasteiger partial charge >= 0.3 is 0 Å². The minimum atomic E-state index is -1.64. The first-order valence-corrected chi connectivity index (χ1v) is 13.8. The lowest BCUT2D eigenvalue weighted by molar-refractivity contribution is -0.232. The highest BCUT2D eigenvalue weighted by atomic mass is 32.1. The van der Waals surface area contributed by atoms with Gasteiger partial charge in [0.2, 0.25) is 0 Å². The van der Waals surface area contributed by atoms with Gasteiger partial charge in [-0.3, -0.25) is 0 Å². The third-order valence-corrected chi connectivity index (χ3v) is 8.45. The number of benzene rings is 2. The Labute approximate surface area is 238 Å². The molecule has 0 spiro atoms. The highest BCUT2D eigenvalue weighted by Gasteiger charge is 2.45. The zero-order chi connectivity index (χ0) is 30.0. The van der Waals surface area contributed by atoms with Gasteiger partial charge in [-0.05, 0) is 36.1 Å². The summed E-state index contributed by atoms with van der Waals surface area (Å²) in [5.41, 5.74) is 0.0735. The van der Waals surface area contributed by atoms with Crippen LogP contribution in [-0.4, -0.2) is 109 Å². The fraction of sp³-hybridized carbons (Fsp3) is 0.500. The van der Waals surface area contributed by atoms with Crippen molar-refractivity contribution in [1.82, 2.24) is 0 Å². The average Bonchev–Trinajstić information content (AvgIpc) is 3.37. The lowest BCUT2D eigenvalue weighted by atomic mass is 9.90. The van der Waals surface area contributed by atoms with Crippen LogP contribution in [0.4, 0.5) is 8.78 Å². The topological polar surface area (TPSA) is 180 Å². The van der Waals surface area contributed by atoms with Crippen molar-refractivity contribution in [2.45, 2.75) is 74.4 Å². The highest BCUT2D eigenvalue weighted by Crippen LogP contribution is 2.36. The van der Waals surface area contributed by atoms with E-state index in [9.17, 15) is 44.5 Å². The Bertz CT molecular complexity index is 1270. The van der Waals surface area contributed by atoms with Crippen LogP contribution < -0.4 is 0 Å². The number of halogens is 2. The SMILES string of the molecule is C[C@@H]1O[C@H](CO)[C@@H](O)[C@H](O)[C@H]1O.OC[C@H]1O[C@@H](c2cc(Cc3cc4ccccc4s3)c(F)cc2F)[C@H](O)[C@@H](O)[C@@H]1O. The summed E-state index contributed by atoms with van der Waals surface area (Å²) in [6.45, 7) is 0.580. The van der Waals surface area contributed by atoms with E-state index in [1.165, 1.54) is 17.4 Å². The molecular formula is C28H34F2O10S. The van der Waals surface area contributed by atoms with Crippen LogP contribution in [0, 0.1) is 11.6 Å². The largest absolute Gasteiger partial charge is 0.394 e. The number of hydrogen-bond donors (Lipinski definition) is 8. The average molecular weight is 601 g/mol. The molecule has 2 aliphatic rings. The Kier molecular flexibility index (Phi) is 10.4. The molecule has 8 N–H and O–H groups in total. The van der Waals surface area contributed by atoms with Crippen LogP contribution in [0.2, 0.25) is 0 Å². The normalized spacial score (nSPS) is 33.8. The van der Waals surface area contributed by atoms with Crippen LogP contribution in [0.1, 0.15) is 29.0 Å². The van der Waals surface area contributed by atoms with Gasteiger partial charge in [0.1, 0.15) is 66.6 Å². The molecule has 0 radical (unpaired) electrons. The Morgan fingerprint density at radius 1 is 0.732 bits per heavy atom. The maximum absolute atomic E-state index is 14.5. The van der Waals surface area contributed by atoms with E-state index in [4.69, 9.17) is 14.6 Å². The van der Waals surface area contributed by atoms with Gasteiger partial charge in [0.15, 0.2) is 0 Å². The van der Waals surface area contributed by atoms with Gasteiger partial charge in [0, 0.05) is 27.6 Å². The van der Waals surface area contributed by atoms with Crippen molar-refractivity contribution in [2.24, 2.45) is 0 Å². The van der Waals surface area contributed by atoms with Crippen molar-refractivity contribution >= 4 is 21.4 Å². The molecule has 2 aliphatic heterocycles. The van der Waals surface area contributed by atoms with E-state index in [-0.39, 0.29) is 24.2 Å². The van der Waals surface area contributed by atoms with Crippen molar-refractivity contribution in [3.05, 3.63) is 70.1 Å². The van der Waals surface area contributed by atoms with Crippen LogP contribution >= 0.6 is 11.3 Å². The van der Waals surface area contributed by atoms with Crippen LogP contribution in [0.15, 0.2) is 42.5 Å². The monoisotopic (exact) mass is 600 g/mol. The molecule has 10 nitrogen and oxygen atoms in total. The number of aliphatic hydroxyl groups is 8. The second-order valence-corrected chi connectivity index (χ2v) is 11.3. The minimum Gasteiger partial charge on any atom is -0.394 e. The van der Waals surface area contributed by atoms with E-state index in [0.29, 0.717) is 0 Å². The van der Waals surface area contributed by atoms with Crippen LogP contribution in [0.3, 0.4) is 0 Å². The molecule has 5 rings (SSSR count). The van der Waals surface area contributed by atoms with Crippen molar-refractivity contribution in [3.63, 3.8) is 0 Å². The van der Waals surface area contributed by atoms with E-state index < -0.39 is 79.3 Å². The predicted molar refractivity (Wildman–Crippen MR) is 143 cm³/mol. The molecule has 0 saturated carbocycles. The third-order valence-electron chi connectivity index (χ3n) is 7.34. The lowest BCUT2D eigenvalue weighted by Crippen LogP contribution is -2.57. The summed E-state index contributed by atoms with van der Waals surface area (Å²) < 4.78 is 40.5. The van der Waals surface area contributed by atoms with Crippen LogP contribution in [0.5, 0.6) is 0 Å². The summed E-state index contributed by atoms with van der Waals surface area (Å²) in [4.78, 5) is 0.886. The Balaban J connectivity index is 0.000000271. The molecule has 226 valence electrons. The number of rotatable bonds is 5. The molecule has 3 aromatic rings. The van der Waals surface area contributed by atoms with Gasteiger partial charge in [0.25, 0.3) is 0 Å². The van der Waals surface area contributed by atoms with Gasteiger partial charge in [-0.2, -0.15) is 0 Å². The Morgan fingerprint density at radius 2 is 1.34 bits per heavy atom. The van der Waals surface area contributed by atoms with Gasteiger partial charge in [-0.25, -0.2) is 8.78 Å². The Hall–Kier alpha value is -2.14. The predicted octanol–water partition coefficient (Wildman–Crippen LogP) is 0.134. The number of fused-ring (bicyclic) bond motifs is 1. The van der Waals surface area contributed by atoms with E-state index in [1.807, 2.05) is 30.3 Å². The molecule has 13 heteroatoms. The second-order valence-electron chi connectivity index (χ2n) is 10.2. The summed E-state index contributed by atoms with van der Waals surface area (Å²) in [7, 11) is 0. The van der Waals surface area contributed by atoms with E-state index in [0.717, 1.165) is 21.0 Å². The maximum Gasteiger partial charge on any atom is 0.132 e. The van der Waals surface area contributed by atoms with Crippen molar-refractivity contribution in [2.75, 3.05) is 13.2 Å². The van der Waals surface area contributed by atoms with Gasteiger partial charge in [-0.1, -0.05) is 18.2 Å². The molecule has 0 aliphatic carbocycles.